The van der Waals surface area contributed by atoms with Crippen LogP contribution in [0, 0.1) is 23.7 Å². The van der Waals surface area contributed by atoms with Gasteiger partial charge in [-0.1, -0.05) is 59.3 Å². The first-order valence-electron chi connectivity index (χ1n) is 10.2. The number of aliphatic hydroxyl groups is 2. The molecule has 1 aliphatic rings. The molecule has 1 saturated carbocycles. The Hall–Kier alpha value is -1.03. The van der Waals surface area contributed by atoms with Crippen LogP contribution in [0.15, 0.2) is 11.8 Å². The minimum Gasteiger partial charge on any atom is -0.512 e. The summed E-state index contributed by atoms with van der Waals surface area (Å²) in [6.07, 6.45) is 10.6. The molecule has 4 heteroatoms. The summed E-state index contributed by atoms with van der Waals surface area (Å²) in [7, 11) is 0. The zero-order valence-electron chi connectivity index (χ0n) is 16.3. The van der Waals surface area contributed by atoms with Gasteiger partial charge in [0.1, 0.15) is 0 Å². The number of rotatable bonds is 12. The highest BCUT2D eigenvalue weighted by Gasteiger charge is 2.44. The van der Waals surface area contributed by atoms with Gasteiger partial charge in [0.25, 0.3) is 0 Å². The summed E-state index contributed by atoms with van der Waals surface area (Å²) in [5.74, 6) is -1.41. The molecule has 25 heavy (non-hydrogen) atoms. The molecule has 0 saturated heterocycles. The molecule has 0 radical (unpaired) electrons. The molecule has 0 amide bonds. The largest absolute Gasteiger partial charge is 0.512 e. The SMILES string of the molecule is CCCCCC(C)C=C(O)[C@H]1CC[C@H](O)[C@@H]1[C@@H](CCCCC)C(=O)O. The van der Waals surface area contributed by atoms with Crippen molar-refractivity contribution in [2.24, 2.45) is 23.7 Å². The molecule has 0 aliphatic heterocycles. The maximum atomic E-state index is 11.8. The Morgan fingerprint density at radius 2 is 1.64 bits per heavy atom. The van der Waals surface area contributed by atoms with E-state index in [1.165, 1.54) is 12.8 Å². The van der Waals surface area contributed by atoms with Crippen molar-refractivity contribution in [3.63, 3.8) is 0 Å². The van der Waals surface area contributed by atoms with Gasteiger partial charge in [0.15, 0.2) is 0 Å². The van der Waals surface area contributed by atoms with Crippen LogP contribution in [0.25, 0.3) is 0 Å². The minimum atomic E-state index is -0.837. The molecule has 0 aromatic carbocycles. The van der Waals surface area contributed by atoms with E-state index in [0.717, 1.165) is 32.1 Å². The number of hydrogen-bond acceptors (Lipinski definition) is 3. The normalized spacial score (nSPS) is 26.6. The van der Waals surface area contributed by atoms with Crippen LogP contribution in [0.2, 0.25) is 0 Å². The average molecular weight is 355 g/mol. The Labute approximate surface area is 153 Å². The van der Waals surface area contributed by atoms with E-state index in [0.29, 0.717) is 25.0 Å². The Balaban J connectivity index is 2.79. The molecule has 1 fully saturated rings. The molecule has 1 aliphatic carbocycles. The highest BCUT2D eigenvalue weighted by atomic mass is 16.4. The van der Waals surface area contributed by atoms with Crippen molar-refractivity contribution >= 4 is 5.97 Å². The van der Waals surface area contributed by atoms with Crippen LogP contribution in [0.3, 0.4) is 0 Å². The number of allylic oxidation sites excluding steroid dienone is 2. The van der Waals surface area contributed by atoms with E-state index in [2.05, 4.69) is 20.8 Å². The molecule has 1 unspecified atom stereocenters. The van der Waals surface area contributed by atoms with E-state index < -0.39 is 18.0 Å². The highest BCUT2D eigenvalue weighted by molar-refractivity contribution is 5.70. The van der Waals surface area contributed by atoms with Crippen LogP contribution in [0.5, 0.6) is 0 Å². The van der Waals surface area contributed by atoms with Crippen molar-refractivity contribution in [1.29, 1.82) is 0 Å². The predicted octanol–water partition coefficient (Wildman–Crippen LogP) is 5.31. The fraction of sp³-hybridized carbons (Fsp3) is 0.857. The summed E-state index contributed by atoms with van der Waals surface area (Å²) in [6, 6.07) is 0. The van der Waals surface area contributed by atoms with Crippen LogP contribution in [-0.2, 0) is 4.79 Å². The fourth-order valence-corrected chi connectivity index (χ4v) is 4.21. The lowest BCUT2D eigenvalue weighted by Crippen LogP contribution is -2.34. The van der Waals surface area contributed by atoms with Gasteiger partial charge in [-0.2, -0.15) is 0 Å². The van der Waals surface area contributed by atoms with E-state index in [4.69, 9.17) is 0 Å². The summed E-state index contributed by atoms with van der Waals surface area (Å²) in [4.78, 5) is 11.8. The highest BCUT2D eigenvalue weighted by Crippen LogP contribution is 2.43. The lowest BCUT2D eigenvalue weighted by molar-refractivity contribution is -0.146. The summed E-state index contributed by atoms with van der Waals surface area (Å²) < 4.78 is 0. The number of carbonyl (C=O) groups is 1. The van der Waals surface area contributed by atoms with E-state index >= 15 is 0 Å². The Morgan fingerprint density at radius 1 is 1.04 bits per heavy atom. The van der Waals surface area contributed by atoms with Gasteiger partial charge in [0.2, 0.25) is 0 Å². The van der Waals surface area contributed by atoms with Crippen molar-refractivity contribution in [3.05, 3.63) is 11.8 Å². The number of unbranched alkanes of at least 4 members (excludes halogenated alkanes) is 4. The average Bonchev–Trinajstić information content (AvgIpc) is 2.93. The van der Waals surface area contributed by atoms with E-state index in [-0.39, 0.29) is 17.8 Å². The van der Waals surface area contributed by atoms with E-state index in [9.17, 15) is 20.1 Å². The van der Waals surface area contributed by atoms with Gasteiger partial charge in [-0.15, -0.1) is 0 Å². The van der Waals surface area contributed by atoms with Gasteiger partial charge < -0.3 is 15.3 Å². The summed E-state index contributed by atoms with van der Waals surface area (Å²) in [5, 5.41) is 30.7. The maximum absolute atomic E-state index is 11.8. The molecule has 5 atom stereocenters. The Bertz CT molecular complexity index is 418. The molecule has 0 aromatic heterocycles. The zero-order valence-corrected chi connectivity index (χ0v) is 16.3. The topological polar surface area (TPSA) is 77.8 Å². The second-order valence-electron chi connectivity index (χ2n) is 7.83. The van der Waals surface area contributed by atoms with Crippen molar-refractivity contribution in [2.75, 3.05) is 0 Å². The molecule has 146 valence electrons. The molecule has 0 aromatic rings. The molecular formula is C21H38O4. The van der Waals surface area contributed by atoms with E-state index in [1.807, 2.05) is 6.08 Å². The second-order valence-corrected chi connectivity index (χ2v) is 7.83. The molecule has 3 N–H and O–H groups in total. The summed E-state index contributed by atoms with van der Waals surface area (Å²) in [5.41, 5.74) is 0. The maximum Gasteiger partial charge on any atom is 0.306 e. The van der Waals surface area contributed by atoms with Crippen molar-refractivity contribution in [2.45, 2.75) is 91.1 Å². The van der Waals surface area contributed by atoms with E-state index in [1.54, 1.807) is 0 Å². The van der Waals surface area contributed by atoms with Gasteiger partial charge in [-0.05, 0) is 37.7 Å². The zero-order chi connectivity index (χ0) is 18.8. The molecular weight excluding hydrogens is 316 g/mol. The van der Waals surface area contributed by atoms with Gasteiger partial charge in [0.05, 0.1) is 17.8 Å². The standard InChI is InChI=1S/C21H38O4/c1-4-6-8-10-15(3)14-19(23)16-12-13-18(22)20(16)17(21(24)25)11-9-7-5-2/h14-18,20,22-23H,4-13H2,1-3H3,(H,24,25)/t15?,16-,17-,18+,20+/m1/s1. The monoisotopic (exact) mass is 354 g/mol. The first-order valence-corrected chi connectivity index (χ1v) is 10.2. The molecule has 0 heterocycles. The van der Waals surface area contributed by atoms with Crippen molar-refractivity contribution < 1.29 is 20.1 Å². The van der Waals surface area contributed by atoms with Crippen LogP contribution in [0.4, 0.5) is 0 Å². The molecule has 1 rings (SSSR count). The van der Waals surface area contributed by atoms with Gasteiger partial charge in [0, 0.05) is 11.8 Å². The predicted molar refractivity (Wildman–Crippen MR) is 102 cm³/mol. The Morgan fingerprint density at radius 3 is 2.20 bits per heavy atom. The first kappa shape index (κ1) is 22.0. The van der Waals surface area contributed by atoms with Gasteiger partial charge in [-0.3, -0.25) is 4.79 Å². The van der Waals surface area contributed by atoms with Crippen LogP contribution in [-0.4, -0.2) is 27.4 Å². The lowest BCUT2D eigenvalue weighted by Gasteiger charge is -2.28. The summed E-state index contributed by atoms with van der Waals surface area (Å²) in [6.45, 7) is 6.37. The first-order chi connectivity index (χ1) is 11.9. The number of carboxylic acid groups (broad SMARTS) is 1. The number of aliphatic carboxylic acids is 1. The number of carboxylic acids is 1. The third-order valence-electron chi connectivity index (χ3n) is 5.68. The van der Waals surface area contributed by atoms with Gasteiger partial charge >= 0.3 is 5.97 Å². The van der Waals surface area contributed by atoms with Crippen LogP contribution in [0.1, 0.15) is 85.0 Å². The third kappa shape index (κ3) is 7.01. The number of hydrogen-bond donors (Lipinski definition) is 3. The smallest absolute Gasteiger partial charge is 0.306 e. The Kier molecular flexibility index (Phi) is 10.2. The third-order valence-corrected chi connectivity index (χ3v) is 5.68. The number of aliphatic hydroxyl groups excluding tert-OH is 2. The second kappa shape index (κ2) is 11.6. The van der Waals surface area contributed by atoms with Crippen LogP contribution >= 0.6 is 0 Å². The van der Waals surface area contributed by atoms with Crippen LogP contribution < -0.4 is 0 Å². The molecule has 4 nitrogen and oxygen atoms in total. The summed E-state index contributed by atoms with van der Waals surface area (Å²) >= 11 is 0. The van der Waals surface area contributed by atoms with Crippen molar-refractivity contribution in [1.82, 2.24) is 0 Å². The minimum absolute atomic E-state index is 0.216. The van der Waals surface area contributed by atoms with Gasteiger partial charge in [-0.25, -0.2) is 0 Å². The molecule has 0 bridgehead atoms. The lowest BCUT2D eigenvalue weighted by atomic mass is 9.78. The van der Waals surface area contributed by atoms with Crippen molar-refractivity contribution in [3.8, 4) is 0 Å². The fourth-order valence-electron chi connectivity index (χ4n) is 4.21. The molecule has 0 spiro atoms. The quantitative estimate of drug-likeness (QED) is 0.328.